The first kappa shape index (κ1) is 20.9. The van der Waals surface area contributed by atoms with Crippen LogP contribution in [0.25, 0.3) is 5.69 Å². The highest BCUT2D eigenvalue weighted by atomic mass is 35.6. The van der Waals surface area contributed by atoms with Crippen molar-refractivity contribution < 1.29 is 9.53 Å². The molecule has 0 saturated carbocycles. The van der Waals surface area contributed by atoms with Crippen molar-refractivity contribution in [2.75, 3.05) is 11.9 Å². The molecule has 0 atom stereocenters. The van der Waals surface area contributed by atoms with E-state index < -0.39 is 9.89 Å². The SMILES string of the molecule is CCc1ccc(-n2nc(C(C)(C)C)cc2NC(=O)OCC(Cl)(Cl)Cl)cc1. The van der Waals surface area contributed by atoms with Gasteiger partial charge in [0.2, 0.25) is 3.79 Å². The summed E-state index contributed by atoms with van der Waals surface area (Å²) in [5.41, 5.74) is 2.68. The summed E-state index contributed by atoms with van der Waals surface area (Å²) in [7, 11) is 0. The second kappa shape index (κ2) is 8.07. The van der Waals surface area contributed by atoms with Crippen LogP contribution >= 0.6 is 34.8 Å². The molecule has 2 rings (SSSR count). The summed E-state index contributed by atoms with van der Waals surface area (Å²) >= 11 is 16.8. The fourth-order valence-electron chi connectivity index (χ4n) is 2.19. The number of aromatic nitrogens is 2. The molecule has 1 aromatic carbocycles. The maximum atomic E-state index is 12.1. The number of rotatable bonds is 4. The van der Waals surface area contributed by atoms with Gasteiger partial charge in [0.05, 0.1) is 11.4 Å². The Morgan fingerprint density at radius 3 is 2.31 bits per heavy atom. The number of amides is 1. The zero-order valence-corrected chi connectivity index (χ0v) is 17.4. The van der Waals surface area contributed by atoms with Crippen LogP contribution in [-0.4, -0.2) is 26.3 Å². The number of nitrogens with one attached hydrogen (secondary N) is 1. The van der Waals surface area contributed by atoms with Crippen molar-refractivity contribution in [2.45, 2.75) is 43.3 Å². The van der Waals surface area contributed by atoms with Gasteiger partial charge in [-0.2, -0.15) is 5.10 Å². The molecule has 8 heteroatoms. The number of nitrogens with zero attached hydrogens (tertiary/aromatic N) is 2. The summed E-state index contributed by atoms with van der Waals surface area (Å²) in [6.07, 6.45) is 0.226. The number of hydrogen-bond acceptors (Lipinski definition) is 3. The van der Waals surface area contributed by atoms with Crippen LogP contribution in [0, 0.1) is 0 Å². The van der Waals surface area contributed by atoms with E-state index in [1.807, 2.05) is 51.1 Å². The molecule has 1 N–H and O–H groups in total. The molecule has 0 aliphatic rings. The Hall–Kier alpha value is -1.43. The van der Waals surface area contributed by atoms with Gasteiger partial charge in [-0.05, 0) is 24.1 Å². The standard InChI is InChI=1S/C18H22Cl3N3O2/c1-5-12-6-8-13(9-7-12)24-15(10-14(23-24)17(2,3)4)22-16(25)26-11-18(19,20)21/h6-10H,5,11H2,1-4H3,(H,22,25). The van der Waals surface area contributed by atoms with Crippen molar-refractivity contribution in [3.8, 4) is 5.69 Å². The number of carbonyl (C=O) groups is 1. The summed E-state index contributed by atoms with van der Waals surface area (Å²) < 4.78 is 4.95. The van der Waals surface area contributed by atoms with Gasteiger partial charge in [0, 0.05) is 11.5 Å². The van der Waals surface area contributed by atoms with Crippen LogP contribution in [0.4, 0.5) is 10.6 Å². The van der Waals surface area contributed by atoms with E-state index in [1.165, 1.54) is 5.56 Å². The van der Waals surface area contributed by atoms with E-state index in [0.717, 1.165) is 17.8 Å². The Kier molecular flexibility index (Phi) is 6.48. The number of hydrogen-bond donors (Lipinski definition) is 1. The van der Waals surface area contributed by atoms with Crippen LogP contribution in [0.2, 0.25) is 0 Å². The van der Waals surface area contributed by atoms with Crippen molar-refractivity contribution in [3.63, 3.8) is 0 Å². The number of benzene rings is 1. The number of anilines is 1. The predicted molar refractivity (Wildman–Crippen MR) is 107 cm³/mol. The highest BCUT2D eigenvalue weighted by molar-refractivity contribution is 6.67. The van der Waals surface area contributed by atoms with Gasteiger partial charge in [-0.1, -0.05) is 74.6 Å². The maximum Gasteiger partial charge on any atom is 0.412 e. The Labute approximate surface area is 168 Å². The van der Waals surface area contributed by atoms with Gasteiger partial charge in [0.15, 0.2) is 0 Å². The Morgan fingerprint density at radius 2 is 1.81 bits per heavy atom. The fourth-order valence-corrected chi connectivity index (χ4v) is 2.36. The quantitative estimate of drug-likeness (QED) is 0.653. The molecule has 1 heterocycles. The molecule has 2 aromatic rings. The summed E-state index contributed by atoms with van der Waals surface area (Å²) in [5.74, 6) is 0.480. The molecule has 5 nitrogen and oxygen atoms in total. The van der Waals surface area contributed by atoms with Crippen LogP contribution in [0.5, 0.6) is 0 Å². The highest BCUT2D eigenvalue weighted by Gasteiger charge is 2.24. The third-order valence-electron chi connectivity index (χ3n) is 3.66. The van der Waals surface area contributed by atoms with Crippen molar-refractivity contribution in [2.24, 2.45) is 0 Å². The Bertz CT molecular complexity index is 759. The second-order valence-corrected chi connectivity index (χ2v) is 9.43. The van der Waals surface area contributed by atoms with Crippen molar-refractivity contribution in [3.05, 3.63) is 41.6 Å². The zero-order chi connectivity index (χ0) is 19.5. The molecular formula is C18H22Cl3N3O2. The van der Waals surface area contributed by atoms with Crippen LogP contribution in [0.1, 0.15) is 39.0 Å². The number of aryl methyl sites for hydroxylation is 1. The fraction of sp³-hybridized carbons (Fsp3) is 0.444. The lowest BCUT2D eigenvalue weighted by Gasteiger charge is -2.14. The Balaban J connectivity index is 2.31. The van der Waals surface area contributed by atoms with Crippen LogP contribution < -0.4 is 5.32 Å². The third kappa shape index (κ3) is 5.79. The first-order valence-electron chi connectivity index (χ1n) is 8.20. The van der Waals surface area contributed by atoms with E-state index in [0.29, 0.717) is 5.82 Å². The van der Waals surface area contributed by atoms with Gasteiger partial charge < -0.3 is 4.74 Å². The van der Waals surface area contributed by atoms with Gasteiger partial charge >= 0.3 is 6.09 Å². The maximum absolute atomic E-state index is 12.1. The molecule has 1 aromatic heterocycles. The number of halogens is 3. The number of carbonyl (C=O) groups excluding carboxylic acids is 1. The first-order valence-corrected chi connectivity index (χ1v) is 9.33. The minimum atomic E-state index is -1.66. The lowest BCUT2D eigenvalue weighted by atomic mass is 9.92. The minimum absolute atomic E-state index is 0.188. The molecule has 0 aliphatic carbocycles. The van der Waals surface area contributed by atoms with Gasteiger partial charge in [-0.25, -0.2) is 9.48 Å². The molecule has 0 radical (unpaired) electrons. The lowest BCUT2D eigenvalue weighted by Crippen LogP contribution is -2.22. The van der Waals surface area contributed by atoms with Crippen molar-refractivity contribution in [1.82, 2.24) is 9.78 Å². The van der Waals surface area contributed by atoms with E-state index in [4.69, 9.17) is 39.5 Å². The van der Waals surface area contributed by atoms with E-state index in [9.17, 15) is 4.79 Å². The normalized spacial score (nSPS) is 12.1. The van der Waals surface area contributed by atoms with Crippen LogP contribution in [-0.2, 0) is 16.6 Å². The molecule has 0 unspecified atom stereocenters. The molecule has 142 valence electrons. The van der Waals surface area contributed by atoms with E-state index in [-0.39, 0.29) is 12.0 Å². The topological polar surface area (TPSA) is 56.2 Å². The van der Waals surface area contributed by atoms with E-state index in [2.05, 4.69) is 17.3 Å². The number of ether oxygens (including phenoxy) is 1. The summed E-state index contributed by atoms with van der Waals surface area (Å²) in [6.45, 7) is 7.88. The summed E-state index contributed by atoms with van der Waals surface area (Å²) in [4.78, 5) is 12.1. The second-order valence-electron chi connectivity index (χ2n) is 6.91. The van der Waals surface area contributed by atoms with Gasteiger partial charge in [0.25, 0.3) is 0 Å². The largest absolute Gasteiger partial charge is 0.445 e. The minimum Gasteiger partial charge on any atom is -0.445 e. The smallest absolute Gasteiger partial charge is 0.412 e. The molecule has 0 saturated heterocycles. The monoisotopic (exact) mass is 417 g/mol. The summed E-state index contributed by atoms with van der Waals surface area (Å²) in [6, 6.07) is 9.77. The lowest BCUT2D eigenvalue weighted by molar-refractivity contribution is 0.163. The summed E-state index contributed by atoms with van der Waals surface area (Å²) in [5, 5.41) is 7.30. The van der Waals surface area contributed by atoms with E-state index in [1.54, 1.807) is 4.68 Å². The molecule has 0 fully saturated rings. The third-order valence-corrected chi connectivity index (χ3v) is 3.99. The molecule has 0 aliphatic heterocycles. The van der Waals surface area contributed by atoms with E-state index >= 15 is 0 Å². The average Bonchev–Trinajstić information content (AvgIpc) is 2.96. The molecule has 1 amide bonds. The van der Waals surface area contributed by atoms with Gasteiger partial charge in [0.1, 0.15) is 12.4 Å². The van der Waals surface area contributed by atoms with Gasteiger partial charge in [-0.15, -0.1) is 0 Å². The highest BCUT2D eigenvalue weighted by Crippen LogP contribution is 2.28. The van der Waals surface area contributed by atoms with Crippen LogP contribution in [0.3, 0.4) is 0 Å². The molecule has 26 heavy (non-hydrogen) atoms. The average molecular weight is 419 g/mol. The first-order chi connectivity index (χ1) is 12.0. The molecule has 0 bridgehead atoms. The van der Waals surface area contributed by atoms with Gasteiger partial charge in [-0.3, -0.25) is 5.32 Å². The molecule has 0 spiro atoms. The number of alkyl halides is 3. The molecular weight excluding hydrogens is 397 g/mol. The van der Waals surface area contributed by atoms with Crippen LogP contribution in [0.15, 0.2) is 30.3 Å². The Morgan fingerprint density at radius 1 is 1.19 bits per heavy atom. The zero-order valence-electron chi connectivity index (χ0n) is 15.1. The van der Waals surface area contributed by atoms with Crippen molar-refractivity contribution in [1.29, 1.82) is 0 Å². The van der Waals surface area contributed by atoms with Crippen molar-refractivity contribution >= 4 is 46.7 Å². The predicted octanol–water partition coefficient (Wildman–Crippen LogP) is 5.65.